The molecular formula is C22H26N4O6. The third-order valence-electron chi connectivity index (χ3n) is 6.32. The van der Waals surface area contributed by atoms with Crippen LogP contribution in [0.25, 0.3) is 0 Å². The molecule has 2 saturated heterocycles. The molecule has 2 fully saturated rings. The second-order valence-corrected chi connectivity index (χ2v) is 8.34. The molecule has 10 heteroatoms. The van der Waals surface area contributed by atoms with Crippen LogP contribution in [0.2, 0.25) is 0 Å². The summed E-state index contributed by atoms with van der Waals surface area (Å²) in [5, 5.41) is 2.16. The van der Waals surface area contributed by atoms with E-state index in [2.05, 4.69) is 5.32 Å². The Kier molecular flexibility index (Phi) is 6.22. The molecule has 0 saturated carbocycles. The number of imide groups is 2. The molecule has 170 valence electrons. The summed E-state index contributed by atoms with van der Waals surface area (Å²) in [6.07, 6.45) is 2.97. The maximum atomic E-state index is 12.9. The van der Waals surface area contributed by atoms with Gasteiger partial charge in [-0.2, -0.15) is 0 Å². The van der Waals surface area contributed by atoms with Crippen molar-refractivity contribution in [3.63, 3.8) is 0 Å². The number of benzene rings is 1. The first-order valence-corrected chi connectivity index (χ1v) is 10.8. The van der Waals surface area contributed by atoms with Gasteiger partial charge in [-0.05, 0) is 56.3 Å². The molecule has 3 aliphatic rings. The highest BCUT2D eigenvalue weighted by Gasteiger charge is 2.44. The number of hydrogen-bond acceptors (Lipinski definition) is 7. The van der Waals surface area contributed by atoms with Gasteiger partial charge in [0.15, 0.2) is 6.61 Å². The number of nitrogens with one attached hydrogen (secondary N) is 1. The molecule has 3 N–H and O–H groups in total. The number of hydrogen-bond donors (Lipinski definition) is 2. The first kappa shape index (κ1) is 21.9. The van der Waals surface area contributed by atoms with Crippen LogP contribution in [0.1, 0.15) is 52.8 Å². The number of nitrogens with two attached hydrogens (primary N) is 1. The van der Waals surface area contributed by atoms with Crippen LogP contribution in [0.4, 0.5) is 0 Å². The second-order valence-electron chi connectivity index (χ2n) is 8.34. The minimum absolute atomic E-state index is 0.0593. The van der Waals surface area contributed by atoms with Crippen LogP contribution in [-0.4, -0.2) is 71.6 Å². The van der Waals surface area contributed by atoms with Gasteiger partial charge in [-0.1, -0.05) is 0 Å². The van der Waals surface area contributed by atoms with Crippen LogP contribution in [0.3, 0.4) is 0 Å². The van der Waals surface area contributed by atoms with Crippen molar-refractivity contribution in [2.45, 2.75) is 38.1 Å². The molecule has 0 aromatic heterocycles. The molecule has 0 aliphatic carbocycles. The summed E-state index contributed by atoms with van der Waals surface area (Å²) in [4.78, 5) is 64.2. The number of carbonyl (C=O) groups excluding carboxylic acids is 5. The largest absolute Gasteiger partial charge is 0.484 e. The first-order valence-electron chi connectivity index (χ1n) is 10.8. The number of ether oxygens (including phenoxy) is 1. The molecule has 0 radical (unpaired) electrons. The number of piperidine rings is 2. The number of likely N-dealkylation sites (tertiary alicyclic amines) is 1. The minimum Gasteiger partial charge on any atom is -0.484 e. The van der Waals surface area contributed by atoms with Gasteiger partial charge < -0.3 is 15.4 Å². The van der Waals surface area contributed by atoms with Gasteiger partial charge in [0.2, 0.25) is 11.8 Å². The van der Waals surface area contributed by atoms with Gasteiger partial charge >= 0.3 is 0 Å². The molecular weight excluding hydrogens is 416 g/mol. The van der Waals surface area contributed by atoms with Crippen molar-refractivity contribution < 1.29 is 28.7 Å². The summed E-state index contributed by atoms with van der Waals surface area (Å²) >= 11 is 0. The second kappa shape index (κ2) is 9.07. The third-order valence-corrected chi connectivity index (χ3v) is 6.32. The van der Waals surface area contributed by atoms with E-state index in [9.17, 15) is 24.0 Å². The smallest absolute Gasteiger partial charge is 0.262 e. The van der Waals surface area contributed by atoms with E-state index in [4.69, 9.17) is 10.5 Å². The van der Waals surface area contributed by atoms with Crippen molar-refractivity contribution in [3.05, 3.63) is 29.3 Å². The Morgan fingerprint density at radius 1 is 1.06 bits per heavy atom. The van der Waals surface area contributed by atoms with E-state index < -0.39 is 29.7 Å². The number of fused-ring (bicyclic) bond motifs is 1. The summed E-state index contributed by atoms with van der Waals surface area (Å²) in [5.74, 6) is -1.57. The topological polar surface area (TPSA) is 139 Å². The van der Waals surface area contributed by atoms with Crippen molar-refractivity contribution >= 4 is 29.5 Å². The molecule has 1 aromatic rings. The monoisotopic (exact) mass is 442 g/mol. The van der Waals surface area contributed by atoms with E-state index in [0.29, 0.717) is 31.3 Å². The highest BCUT2D eigenvalue weighted by Crippen LogP contribution is 2.30. The Morgan fingerprint density at radius 3 is 2.47 bits per heavy atom. The lowest BCUT2D eigenvalue weighted by Gasteiger charge is -2.31. The molecule has 3 heterocycles. The first-order chi connectivity index (χ1) is 15.4. The SMILES string of the molecule is NCCC1CCN(C(=O)COc2ccc3c(c2)C(=O)N(C2CCC(=O)NC2=O)C3=O)CC1. The van der Waals surface area contributed by atoms with Crippen LogP contribution in [0, 0.1) is 5.92 Å². The highest BCUT2D eigenvalue weighted by molar-refractivity contribution is 6.23. The molecule has 0 spiro atoms. The van der Waals surface area contributed by atoms with Crippen LogP contribution in [0.5, 0.6) is 5.75 Å². The highest BCUT2D eigenvalue weighted by atomic mass is 16.5. The van der Waals surface area contributed by atoms with Crippen LogP contribution < -0.4 is 15.8 Å². The van der Waals surface area contributed by atoms with Crippen molar-refractivity contribution in [3.8, 4) is 5.75 Å². The zero-order valence-corrected chi connectivity index (χ0v) is 17.7. The third kappa shape index (κ3) is 4.22. The predicted octanol–water partition coefficient (Wildman–Crippen LogP) is 0.0540. The molecule has 1 aromatic carbocycles. The zero-order chi connectivity index (χ0) is 22.8. The van der Waals surface area contributed by atoms with Crippen LogP contribution in [-0.2, 0) is 14.4 Å². The summed E-state index contributed by atoms with van der Waals surface area (Å²) in [6, 6.07) is 3.38. The maximum absolute atomic E-state index is 12.9. The fourth-order valence-electron chi connectivity index (χ4n) is 4.48. The van der Waals surface area contributed by atoms with E-state index >= 15 is 0 Å². The van der Waals surface area contributed by atoms with Crippen LogP contribution in [0.15, 0.2) is 18.2 Å². The Labute approximate surface area is 185 Å². The van der Waals surface area contributed by atoms with Crippen molar-refractivity contribution in [2.24, 2.45) is 11.7 Å². The van der Waals surface area contributed by atoms with Crippen molar-refractivity contribution in [1.29, 1.82) is 0 Å². The van der Waals surface area contributed by atoms with Gasteiger partial charge in [0.05, 0.1) is 11.1 Å². The molecule has 32 heavy (non-hydrogen) atoms. The molecule has 1 unspecified atom stereocenters. The van der Waals surface area contributed by atoms with Gasteiger partial charge in [-0.25, -0.2) is 0 Å². The lowest BCUT2D eigenvalue weighted by molar-refractivity contribution is -0.136. The summed E-state index contributed by atoms with van der Waals surface area (Å²) in [7, 11) is 0. The number of nitrogens with zero attached hydrogens (tertiary/aromatic N) is 2. The quantitative estimate of drug-likeness (QED) is 0.594. The van der Waals surface area contributed by atoms with Crippen molar-refractivity contribution in [2.75, 3.05) is 26.2 Å². The van der Waals surface area contributed by atoms with Gasteiger partial charge in [-0.3, -0.25) is 34.2 Å². The standard InChI is InChI=1S/C22H26N4O6/c23-8-5-13-6-9-25(10-7-13)19(28)12-32-14-1-2-15-16(11-14)22(31)26(21(15)30)17-3-4-18(27)24-20(17)29/h1-2,11,13,17H,3-10,12,23H2,(H,24,27,29). The van der Waals surface area contributed by atoms with E-state index in [0.717, 1.165) is 24.2 Å². The van der Waals surface area contributed by atoms with Crippen LogP contribution >= 0.6 is 0 Å². The van der Waals surface area contributed by atoms with E-state index in [-0.39, 0.29) is 36.5 Å². The Bertz CT molecular complexity index is 969. The summed E-state index contributed by atoms with van der Waals surface area (Å²) < 4.78 is 5.60. The number of amides is 5. The number of carbonyl (C=O) groups is 5. The molecule has 10 nitrogen and oxygen atoms in total. The lowest BCUT2D eigenvalue weighted by atomic mass is 9.94. The molecule has 1 atom stereocenters. The molecule has 5 amide bonds. The minimum atomic E-state index is -1.02. The van der Waals surface area contributed by atoms with E-state index in [1.165, 1.54) is 18.2 Å². The summed E-state index contributed by atoms with van der Waals surface area (Å²) in [6.45, 7) is 1.83. The Hall–Kier alpha value is -3.27. The van der Waals surface area contributed by atoms with Gasteiger partial charge in [0, 0.05) is 19.5 Å². The molecule has 0 bridgehead atoms. The average Bonchev–Trinajstić information content (AvgIpc) is 3.03. The fourth-order valence-corrected chi connectivity index (χ4v) is 4.48. The average molecular weight is 442 g/mol. The number of rotatable bonds is 6. The molecule has 3 aliphatic heterocycles. The zero-order valence-electron chi connectivity index (χ0n) is 17.7. The van der Waals surface area contributed by atoms with Gasteiger partial charge in [-0.15, -0.1) is 0 Å². The Morgan fingerprint density at radius 2 is 1.78 bits per heavy atom. The van der Waals surface area contributed by atoms with E-state index in [1.807, 2.05) is 0 Å². The fraction of sp³-hybridized carbons (Fsp3) is 0.500. The maximum Gasteiger partial charge on any atom is 0.262 e. The molecule has 4 rings (SSSR count). The van der Waals surface area contributed by atoms with Gasteiger partial charge in [0.1, 0.15) is 11.8 Å². The predicted molar refractivity (Wildman–Crippen MR) is 112 cm³/mol. The normalized spacial score (nSPS) is 21.6. The lowest BCUT2D eigenvalue weighted by Crippen LogP contribution is -2.54. The van der Waals surface area contributed by atoms with Gasteiger partial charge in [0.25, 0.3) is 17.7 Å². The summed E-state index contributed by atoms with van der Waals surface area (Å²) in [5.41, 5.74) is 5.89. The van der Waals surface area contributed by atoms with E-state index in [1.54, 1.807) is 4.90 Å². The van der Waals surface area contributed by atoms with Crippen molar-refractivity contribution in [1.82, 2.24) is 15.1 Å². The Balaban J connectivity index is 1.38.